The summed E-state index contributed by atoms with van der Waals surface area (Å²) in [6.45, 7) is 10.3. The number of hydrogen-bond acceptors (Lipinski definition) is 5. The number of nitrogens with zero attached hydrogens (tertiary/aromatic N) is 4. The van der Waals surface area contributed by atoms with Gasteiger partial charge in [0, 0.05) is 51.3 Å². The molecule has 2 aliphatic rings. The Morgan fingerprint density at radius 2 is 2.00 bits per heavy atom. The Morgan fingerprint density at radius 1 is 1.26 bits per heavy atom. The highest BCUT2D eigenvalue weighted by Gasteiger charge is 2.49. The normalized spacial score (nSPS) is 23.1. The van der Waals surface area contributed by atoms with Crippen LogP contribution in [0.4, 0.5) is 0 Å². The van der Waals surface area contributed by atoms with Crippen LogP contribution in [0.3, 0.4) is 0 Å². The first kappa shape index (κ1) is 16.9. The maximum Gasteiger partial charge on any atom is 0.242 e. The Labute approximate surface area is 143 Å². The quantitative estimate of drug-likeness (QED) is 0.842. The standard InChI is InChI=1S/C17H28N4OS/c1-14(2)12-21-10-9-19(3)16(22)17(21)4-7-20(8-5-17)13-15-18-6-11-23-15/h6,11,14H,4-5,7-10,12-13H2,1-3H3. The monoisotopic (exact) mass is 336 g/mol. The zero-order valence-electron chi connectivity index (χ0n) is 14.5. The van der Waals surface area contributed by atoms with Crippen molar-refractivity contribution in [3.8, 4) is 0 Å². The summed E-state index contributed by atoms with van der Waals surface area (Å²) in [5.41, 5.74) is -0.267. The summed E-state index contributed by atoms with van der Waals surface area (Å²) in [6, 6.07) is 0. The van der Waals surface area contributed by atoms with Crippen molar-refractivity contribution in [3.05, 3.63) is 16.6 Å². The van der Waals surface area contributed by atoms with Crippen molar-refractivity contribution in [2.24, 2.45) is 5.92 Å². The van der Waals surface area contributed by atoms with E-state index in [1.54, 1.807) is 11.3 Å². The van der Waals surface area contributed by atoms with E-state index in [0.29, 0.717) is 11.8 Å². The molecule has 0 unspecified atom stereocenters. The fraction of sp³-hybridized carbons (Fsp3) is 0.765. The van der Waals surface area contributed by atoms with Gasteiger partial charge in [0.1, 0.15) is 10.5 Å². The second-order valence-corrected chi connectivity index (χ2v) is 8.28. The Balaban J connectivity index is 1.70. The average molecular weight is 337 g/mol. The predicted octanol–water partition coefficient (Wildman–Crippen LogP) is 1.91. The van der Waals surface area contributed by atoms with Crippen LogP contribution in [-0.2, 0) is 11.3 Å². The van der Waals surface area contributed by atoms with E-state index in [4.69, 9.17) is 0 Å². The Bertz CT molecular complexity index is 523. The molecule has 6 heteroatoms. The van der Waals surface area contributed by atoms with Crippen LogP contribution in [0.15, 0.2) is 11.6 Å². The summed E-state index contributed by atoms with van der Waals surface area (Å²) in [7, 11) is 1.96. The van der Waals surface area contributed by atoms with Gasteiger partial charge >= 0.3 is 0 Å². The number of piperidine rings is 1. The van der Waals surface area contributed by atoms with Gasteiger partial charge in [-0.15, -0.1) is 11.3 Å². The van der Waals surface area contributed by atoms with Crippen LogP contribution in [0.5, 0.6) is 0 Å². The number of aromatic nitrogens is 1. The number of likely N-dealkylation sites (N-methyl/N-ethyl adjacent to an activating group) is 1. The van der Waals surface area contributed by atoms with Gasteiger partial charge in [0.05, 0.1) is 6.54 Å². The lowest BCUT2D eigenvalue weighted by molar-refractivity contribution is -0.155. The van der Waals surface area contributed by atoms with Gasteiger partial charge < -0.3 is 4.90 Å². The van der Waals surface area contributed by atoms with Crippen LogP contribution in [0, 0.1) is 5.92 Å². The number of likely N-dealkylation sites (tertiary alicyclic amines) is 1. The molecule has 0 N–H and O–H groups in total. The molecular formula is C17H28N4OS. The molecule has 0 aliphatic carbocycles. The van der Waals surface area contributed by atoms with E-state index in [1.807, 2.05) is 23.5 Å². The summed E-state index contributed by atoms with van der Waals surface area (Å²) >= 11 is 1.72. The molecule has 2 aliphatic heterocycles. The lowest BCUT2D eigenvalue weighted by Gasteiger charge is -2.52. The van der Waals surface area contributed by atoms with E-state index in [-0.39, 0.29) is 5.54 Å². The van der Waals surface area contributed by atoms with Crippen molar-refractivity contribution >= 4 is 17.2 Å². The minimum absolute atomic E-state index is 0.267. The summed E-state index contributed by atoms with van der Waals surface area (Å²) in [4.78, 5) is 24.2. The third-order valence-corrected chi connectivity index (χ3v) is 5.93. The van der Waals surface area contributed by atoms with E-state index >= 15 is 0 Å². The number of rotatable bonds is 4. The number of piperazine rings is 1. The van der Waals surface area contributed by atoms with Crippen molar-refractivity contribution in [1.82, 2.24) is 19.7 Å². The van der Waals surface area contributed by atoms with Crippen molar-refractivity contribution in [1.29, 1.82) is 0 Å². The van der Waals surface area contributed by atoms with Crippen molar-refractivity contribution in [2.45, 2.75) is 38.8 Å². The largest absolute Gasteiger partial charge is 0.343 e. The van der Waals surface area contributed by atoms with E-state index in [2.05, 4.69) is 28.6 Å². The zero-order valence-corrected chi connectivity index (χ0v) is 15.3. The number of hydrogen-bond donors (Lipinski definition) is 0. The van der Waals surface area contributed by atoms with E-state index < -0.39 is 0 Å². The third kappa shape index (κ3) is 3.44. The van der Waals surface area contributed by atoms with Gasteiger partial charge in [-0.2, -0.15) is 0 Å². The smallest absolute Gasteiger partial charge is 0.242 e. The molecule has 1 aromatic rings. The van der Waals surface area contributed by atoms with Gasteiger partial charge in [0.2, 0.25) is 5.91 Å². The highest BCUT2D eigenvalue weighted by molar-refractivity contribution is 7.09. The first-order valence-corrected chi connectivity index (χ1v) is 9.50. The van der Waals surface area contributed by atoms with Gasteiger partial charge in [0.15, 0.2) is 0 Å². The number of carbonyl (C=O) groups excluding carboxylic acids is 1. The zero-order chi connectivity index (χ0) is 16.4. The molecule has 1 amide bonds. The van der Waals surface area contributed by atoms with E-state index in [1.165, 1.54) is 5.01 Å². The number of thiazole rings is 1. The van der Waals surface area contributed by atoms with E-state index in [9.17, 15) is 4.79 Å². The van der Waals surface area contributed by atoms with Crippen LogP contribution in [0.25, 0.3) is 0 Å². The molecule has 0 saturated carbocycles. The van der Waals surface area contributed by atoms with Crippen LogP contribution in [0.1, 0.15) is 31.7 Å². The fourth-order valence-corrected chi connectivity index (χ4v) is 4.57. The summed E-state index contributed by atoms with van der Waals surface area (Å²) in [5, 5.41) is 3.21. The molecule has 23 heavy (non-hydrogen) atoms. The van der Waals surface area contributed by atoms with E-state index in [0.717, 1.165) is 52.1 Å². The first-order valence-electron chi connectivity index (χ1n) is 8.62. The Kier molecular flexibility index (Phi) is 5.04. The number of carbonyl (C=O) groups is 1. The SMILES string of the molecule is CC(C)CN1CCN(C)C(=O)C12CCN(Cc1nccs1)CC2. The lowest BCUT2D eigenvalue weighted by Crippen LogP contribution is -2.68. The molecule has 0 radical (unpaired) electrons. The first-order chi connectivity index (χ1) is 11.0. The fourth-order valence-electron chi connectivity index (χ4n) is 3.92. The molecule has 5 nitrogen and oxygen atoms in total. The van der Waals surface area contributed by atoms with Crippen LogP contribution >= 0.6 is 11.3 Å². The second-order valence-electron chi connectivity index (χ2n) is 7.30. The highest BCUT2D eigenvalue weighted by Crippen LogP contribution is 2.34. The average Bonchev–Trinajstić information content (AvgIpc) is 3.03. The maximum absolute atomic E-state index is 13.0. The highest BCUT2D eigenvalue weighted by atomic mass is 32.1. The molecule has 0 bridgehead atoms. The minimum atomic E-state index is -0.267. The summed E-state index contributed by atoms with van der Waals surface area (Å²) < 4.78 is 0. The molecule has 128 valence electrons. The van der Waals surface area contributed by atoms with Gasteiger partial charge in [-0.3, -0.25) is 14.6 Å². The van der Waals surface area contributed by atoms with Crippen molar-refractivity contribution in [3.63, 3.8) is 0 Å². The molecule has 0 aromatic carbocycles. The topological polar surface area (TPSA) is 39.7 Å². The molecule has 1 aromatic heterocycles. The van der Waals surface area contributed by atoms with Gasteiger partial charge in [-0.05, 0) is 18.8 Å². The van der Waals surface area contributed by atoms with Gasteiger partial charge in [-0.1, -0.05) is 13.8 Å². The minimum Gasteiger partial charge on any atom is -0.343 e. The molecule has 3 rings (SSSR count). The van der Waals surface area contributed by atoms with Crippen LogP contribution < -0.4 is 0 Å². The molecule has 2 fully saturated rings. The molecule has 0 atom stereocenters. The van der Waals surface area contributed by atoms with Gasteiger partial charge in [0.25, 0.3) is 0 Å². The van der Waals surface area contributed by atoms with Crippen molar-refractivity contribution < 1.29 is 4.79 Å². The Hall–Kier alpha value is -0.980. The molecular weight excluding hydrogens is 308 g/mol. The molecule has 1 spiro atoms. The van der Waals surface area contributed by atoms with Gasteiger partial charge in [-0.25, -0.2) is 4.98 Å². The molecule has 2 saturated heterocycles. The predicted molar refractivity (Wildman–Crippen MR) is 93.4 cm³/mol. The number of amides is 1. The van der Waals surface area contributed by atoms with Crippen LogP contribution in [0.2, 0.25) is 0 Å². The lowest BCUT2D eigenvalue weighted by atomic mass is 9.82. The second kappa shape index (κ2) is 6.87. The molecule has 3 heterocycles. The van der Waals surface area contributed by atoms with Crippen molar-refractivity contribution in [2.75, 3.05) is 39.8 Å². The summed E-state index contributed by atoms with van der Waals surface area (Å²) in [5.74, 6) is 0.926. The Morgan fingerprint density at radius 3 is 2.61 bits per heavy atom. The summed E-state index contributed by atoms with van der Waals surface area (Å²) in [6.07, 6.45) is 3.75. The third-order valence-electron chi connectivity index (χ3n) is 5.17. The van der Waals surface area contributed by atoms with Crippen LogP contribution in [-0.4, -0.2) is 70.9 Å². The maximum atomic E-state index is 13.0.